The summed E-state index contributed by atoms with van der Waals surface area (Å²) >= 11 is 6.26. The molecule has 1 heterocycles. The van der Waals surface area contributed by atoms with E-state index in [0.717, 1.165) is 29.5 Å². The van der Waals surface area contributed by atoms with E-state index < -0.39 is 0 Å². The van der Waals surface area contributed by atoms with Crippen molar-refractivity contribution in [3.05, 3.63) is 70.0 Å². The van der Waals surface area contributed by atoms with Crippen LogP contribution >= 0.6 is 11.6 Å². The number of ether oxygens (including phenoxy) is 1. The van der Waals surface area contributed by atoms with Gasteiger partial charge in [0.2, 0.25) is 0 Å². The number of benzene rings is 1. The first-order valence-corrected chi connectivity index (χ1v) is 7.10. The van der Waals surface area contributed by atoms with Gasteiger partial charge in [-0.05, 0) is 47.7 Å². The number of methoxy groups -OCH3 is 1. The first-order valence-electron chi connectivity index (χ1n) is 6.72. The van der Waals surface area contributed by atoms with Gasteiger partial charge in [-0.1, -0.05) is 23.7 Å². The Labute approximate surface area is 128 Å². The molecule has 0 unspecified atom stereocenters. The van der Waals surface area contributed by atoms with Crippen molar-refractivity contribution in [3.8, 4) is 0 Å². The van der Waals surface area contributed by atoms with Gasteiger partial charge in [0.15, 0.2) is 0 Å². The van der Waals surface area contributed by atoms with E-state index in [1.807, 2.05) is 24.3 Å². The molecule has 21 heavy (non-hydrogen) atoms. The Balaban J connectivity index is 2.13. The molecule has 0 spiro atoms. The molecule has 0 radical (unpaired) electrons. The molecule has 0 bridgehead atoms. The number of allylic oxidation sites excluding steroid dienone is 1. The van der Waals surface area contributed by atoms with E-state index in [2.05, 4.69) is 11.1 Å². The van der Waals surface area contributed by atoms with Crippen LogP contribution in [0, 0.1) is 0 Å². The number of aryl methyl sites for hydroxylation is 1. The van der Waals surface area contributed by atoms with Crippen LogP contribution in [0.2, 0.25) is 5.02 Å². The van der Waals surface area contributed by atoms with Crippen LogP contribution in [0.25, 0.3) is 5.57 Å². The molecular formula is C17H14ClNO2. The molecule has 1 aliphatic carbocycles. The van der Waals surface area contributed by atoms with E-state index in [9.17, 15) is 4.79 Å². The van der Waals surface area contributed by atoms with Crippen molar-refractivity contribution in [2.24, 2.45) is 0 Å². The zero-order chi connectivity index (χ0) is 14.8. The number of fused-ring (bicyclic) bond motifs is 1. The van der Waals surface area contributed by atoms with Gasteiger partial charge in [0, 0.05) is 18.0 Å². The standard InChI is InChI=1S/C17H14ClNO2/c1-21-17(20)12-6-5-11-3-2-4-13(15(11)9-12)14-7-8-19-10-16(14)18/h4-10H,2-3H2,1H3. The van der Waals surface area contributed by atoms with Crippen molar-refractivity contribution in [2.45, 2.75) is 12.8 Å². The van der Waals surface area contributed by atoms with Crippen molar-refractivity contribution in [2.75, 3.05) is 7.11 Å². The quantitative estimate of drug-likeness (QED) is 0.790. The molecule has 3 nitrogen and oxygen atoms in total. The van der Waals surface area contributed by atoms with Crippen molar-refractivity contribution in [1.29, 1.82) is 0 Å². The average Bonchev–Trinajstić information content (AvgIpc) is 2.53. The third kappa shape index (κ3) is 2.57. The van der Waals surface area contributed by atoms with Gasteiger partial charge in [-0.3, -0.25) is 4.98 Å². The third-order valence-corrected chi connectivity index (χ3v) is 3.95. The summed E-state index contributed by atoms with van der Waals surface area (Å²) in [7, 11) is 1.39. The van der Waals surface area contributed by atoms with Crippen LogP contribution < -0.4 is 0 Å². The van der Waals surface area contributed by atoms with E-state index in [0.29, 0.717) is 10.6 Å². The zero-order valence-electron chi connectivity index (χ0n) is 11.6. The fourth-order valence-corrected chi connectivity index (χ4v) is 2.84. The van der Waals surface area contributed by atoms with Crippen molar-refractivity contribution in [1.82, 2.24) is 4.98 Å². The highest BCUT2D eigenvalue weighted by atomic mass is 35.5. The van der Waals surface area contributed by atoms with Crippen LogP contribution in [0.15, 0.2) is 42.7 Å². The molecule has 0 N–H and O–H groups in total. The maximum absolute atomic E-state index is 11.7. The Kier molecular flexibility index (Phi) is 3.76. The minimum atomic E-state index is -0.330. The molecule has 1 aromatic heterocycles. The molecule has 0 saturated heterocycles. The summed E-state index contributed by atoms with van der Waals surface area (Å²) in [5, 5.41) is 0.611. The average molecular weight is 300 g/mol. The molecule has 3 rings (SSSR count). The van der Waals surface area contributed by atoms with Gasteiger partial charge in [-0.25, -0.2) is 4.79 Å². The van der Waals surface area contributed by atoms with E-state index in [1.165, 1.54) is 12.7 Å². The van der Waals surface area contributed by atoms with Gasteiger partial charge in [0.1, 0.15) is 0 Å². The largest absolute Gasteiger partial charge is 0.465 e. The number of rotatable bonds is 2. The number of esters is 1. The monoisotopic (exact) mass is 299 g/mol. The van der Waals surface area contributed by atoms with Crippen molar-refractivity contribution in [3.63, 3.8) is 0 Å². The first-order chi connectivity index (χ1) is 10.2. The second kappa shape index (κ2) is 5.70. The second-order valence-electron chi connectivity index (χ2n) is 4.88. The Bertz CT molecular complexity index is 737. The Morgan fingerprint density at radius 3 is 2.90 bits per heavy atom. The fourth-order valence-electron chi connectivity index (χ4n) is 2.62. The molecular weight excluding hydrogens is 286 g/mol. The van der Waals surface area contributed by atoms with Crippen LogP contribution in [0.3, 0.4) is 0 Å². The highest BCUT2D eigenvalue weighted by Crippen LogP contribution is 2.35. The first kappa shape index (κ1) is 13.8. The number of aromatic nitrogens is 1. The zero-order valence-corrected chi connectivity index (χ0v) is 12.4. The number of hydrogen-bond acceptors (Lipinski definition) is 3. The highest BCUT2D eigenvalue weighted by molar-refractivity contribution is 6.32. The normalized spacial score (nSPS) is 13.3. The summed E-state index contributed by atoms with van der Waals surface area (Å²) in [6, 6.07) is 7.57. The minimum absolute atomic E-state index is 0.330. The Morgan fingerprint density at radius 2 is 2.14 bits per heavy atom. The lowest BCUT2D eigenvalue weighted by Gasteiger charge is -2.19. The molecule has 0 atom stereocenters. The van der Waals surface area contributed by atoms with Crippen LogP contribution in [0.4, 0.5) is 0 Å². The van der Waals surface area contributed by atoms with Gasteiger partial charge in [-0.2, -0.15) is 0 Å². The topological polar surface area (TPSA) is 39.2 Å². The summed E-state index contributed by atoms with van der Waals surface area (Å²) in [4.78, 5) is 15.8. The molecule has 0 fully saturated rings. The lowest BCUT2D eigenvalue weighted by molar-refractivity contribution is 0.0600. The fraction of sp³-hybridized carbons (Fsp3) is 0.176. The second-order valence-corrected chi connectivity index (χ2v) is 5.28. The van der Waals surface area contributed by atoms with Gasteiger partial charge in [-0.15, -0.1) is 0 Å². The predicted molar refractivity (Wildman–Crippen MR) is 82.4 cm³/mol. The van der Waals surface area contributed by atoms with Gasteiger partial charge in [0.25, 0.3) is 0 Å². The lowest BCUT2D eigenvalue weighted by atomic mass is 9.86. The number of halogens is 1. The minimum Gasteiger partial charge on any atom is -0.465 e. The summed E-state index contributed by atoms with van der Waals surface area (Å²) in [6.45, 7) is 0. The summed E-state index contributed by atoms with van der Waals surface area (Å²) in [5.74, 6) is -0.330. The van der Waals surface area contributed by atoms with Crippen LogP contribution in [-0.4, -0.2) is 18.1 Å². The van der Waals surface area contributed by atoms with E-state index >= 15 is 0 Å². The third-order valence-electron chi connectivity index (χ3n) is 3.65. The van der Waals surface area contributed by atoms with Gasteiger partial charge < -0.3 is 4.74 Å². The molecule has 1 aliphatic rings. The van der Waals surface area contributed by atoms with Gasteiger partial charge in [0.05, 0.1) is 17.7 Å². The highest BCUT2D eigenvalue weighted by Gasteiger charge is 2.18. The smallest absolute Gasteiger partial charge is 0.337 e. The molecule has 1 aromatic carbocycles. The van der Waals surface area contributed by atoms with Gasteiger partial charge >= 0.3 is 5.97 Å². The maximum Gasteiger partial charge on any atom is 0.337 e. The lowest BCUT2D eigenvalue weighted by Crippen LogP contribution is -2.06. The number of carbonyl (C=O) groups is 1. The molecule has 0 aliphatic heterocycles. The van der Waals surface area contributed by atoms with Crippen LogP contribution in [0.5, 0.6) is 0 Å². The Morgan fingerprint density at radius 1 is 1.29 bits per heavy atom. The molecule has 0 saturated carbocycles. The number of hydrogen-bond donors (Lipinski definition) is 0. The predicted octanol–water partition coefficient (Wildman–Crippen LogP) is 3.90. The number of pyridine rings is 1. The van der Waals surface area contributed by atoms with E-state index in [4.69, 9.17) is 16.3 Å². The van der Waals surface area contributed by atoms with E-state index in [1.54, 1.807) is 12.4 Å². The number of nitrogens with zero attached hydrogens (tertiary/aromatic N) is 1. The molecule has 2 aromatic rings. The van der Waals surface area contributed by atoms with E-state index in [-0.39, 0.29) is 5.97 Å². The molecule has 0 amide bonds. The SMILES string of the molecule is COC(=O)c1ccc2c(c1)C(c1ccncc1Cl)=CCC2. The summed E-state index contributed by atoms with van der Waals surface area (Å²) in [5.41, 5.74) is 4.79. The van der Waals surface area contributed by atoms with Crippen LogP contribution in [-0.2, 0) is 11.2 Å². The molecule has 106 valence electrons. The summed E-state index contributed by atoms with van der Waals surface area (Å²) < 4.78 is 4.80. The van der Waals surface area contributed by atoms with Crippen molar-refractivity contribution < 1.29 is 9.53 Å². The Hall–Kier alpha value is -2.13. The van der Waals surface area contributed by atoms with Crippen LogP contribution in [0.1, 0.15) is 33.5 Å². The summed E-state index contributed by atoms with van der Waals surface area (Å²) in [6.07, 6.45) is 7.43. The molecule has 4 heteroatoms. The number of carbonyl (C=O) groups excluding carboxylic acids is 1. The maximum atomic E-state index is 11.7. The van der Waals surface area contributed by atoms with Crippen molar-refractivity contribution >= 4 is 23.1 Å².